The van der Waals surface area contributed by atoms with Gasteiger partial charge in [-0.05, 0) is 140 Å². The van der Waals surface area contributed by atoms with Crippen LogP contribution in [0.2, 0.25) is 0 Å². The normalized spacial score (nSPS) is 14.7. The van der Waals surface area contributed by atoms with E-state index in [4.69, 9.17) is 27.6 Å². The molecule has 0 amide bonds. The number of pyridine rings is 3. The number of hydrogen-bond acceptors (Lipinski definition) is 4. The van der Waals surface area contributed by atoms with Crippen molar-refractivity contribution in [3.8, 4) is 44.9 Å². The Balaban J connectivity index is 0.00000753. The van der Waals surface area contributed by atoms with Crippen molar-refractivity contribution in [3.63, 3.8) is 0 Å². The molecule has 0 unspecified atom stereocenters. The van der Waals surface area contributed by atoms with Gasteiger partial charge in [-0.25, -0.2) is 0 Å². The first-order valence-corrected chi connectivity index (χ1v) is 23.8. The molecule has 11 rings (SSSR count). The SMILES string of the molecule is [2H]C([2H])([2H])c1ccccc1-c1cc(-c2[c-]ccc3c2oc2c(C([2H])([2H])[2H])c4ccccc4cc23)ncc1C([2H])([2H])C([2H])([2H])c1cc(CC(C)(C)c2ccc(-c3[c-]cccc3)nc2)cc(CC(C)(C)c2ccc(-c3[c-]cccc3)nc2)c1.[Ir+3]. The summed E-state index contributed by atoms with van der Waals surface area (Å²) < 4.78 is 98.7. The fraction of sp³-hybridized carbons (Fsp3) is 0.179. The van der Waals surface area contributed by atoms with Gasteiger partial charge in [0.05, 0.1) is 5.58 Å². The van der Waals surface area contributed by atoms with E-state index in [1.807, 2.05) is 91.3 Å². The molecule has 4 heterocycles. The Morgan fingerprint density at radius 2 is 1.14 bits per heavy atom. The molecule has 4 aromatic heterocycles. The number of aryl methyl sites for hydroxylation is 4. The summed E-state index contributed by atoms with van der Waals surface area (Å²) in [5, 5.41) is 2.41. The number of aromatic nitrogens is 3. The summed E-state index contributed by atoms with van der Waals surface area (Å²) in [5.41, 5.74) is 6.91. The van der Waals surface area contributed by atoms with Crippen molar-refractivity contribution in [2.24, 2.45) is 0 Å². The summed E-state index contributed by atoms with van der Waals surface area (Å²) >= 11 is 0. The Kier molecular flexibility index (Phi) is 10.4. The Morgan fingerprint density at radius 3 is 1.76 bits per heavy atom. The second-order valence-corrected chi connectivity index (χ2v) is 19.5. The average molecular weight is 1120 g/mol. The molecule has 0 bridgehead atoms. The number of nitrogens with zero attached hydrogens (tertiary/aromatic N) is 3. The van der Waals surface area contributed by atoms with Crippen molar-refractivity contribution in [3.05, 3.63) is 245 Å². The van der Waals surface area contributed by atoms with Crippen LogP contribution in [0.5, 0.6) is 0 Å². The van der Waals surface area contributed by atoms with Crippen molar-refractivity contribution in [1.82, 2.24) is 15.0 Å². The minimum Gasteiger partial charge on any atom is -0.500 e. The fourth-order valence-electron chi connectivity index (χ4n) is 9.78. The predicted octanol–water partition coefficient (Wildman–Crippen LogP) is 16.4. The Hall–Kier alpha value is -7.30. The van der Waals surface area contributed by atoms with Crippen molar-refractivity contribution in [2.75, 3.05) is 0 Å². The fourth-order valence-corrected chi connectivity index (χ4v) is 9.78. The molecule has 0 radical (unpaired) electrons. The molecule has 5 heteroatoms. The zero-order valence-electron chi connectivity index (χ0n) is 50.3. The number of furan rings is 1. The molecule has 0 saturated heterocycles. The quantitative estimate of drug-likeness (QED) is 0.108. The first kappa shape index (κ1) is 37.5. The molecule has 0 spiro atoms. The van der Waals surface area contributed by atoms with E-state index in [1.165, 1.54) is 12.3 Å². The van der Waals surface area contributed by atoms with E-state index in [2.05, 4.69) is 64.1 Å². The van der Waals surface area contributed by atoms with Crippen LogP contribution in [-0.4, -0.2) is 15.0 Å². The van der Waals surface area contributed by atoms with Gasteiger partial charge < -0.3 is 19.4 Å². The number of fused-ring (bicyclic) bond motifs is 4. The van der Waals surface area contributed by atoms with Gasteiger partial charge in [0.2, 0.25) is 0 Å². The molecule has 11 aromatic rings. The molecule has 0 aliphatic heterocycles. The maximum Gasteiger partial charge on any atom is 3.00 e. The van der Waals surface area contributed by atoms with Gasteiger partial charge in [0.1, 0.15) is 5.58 Å². The van der Waals surface area contributed by atoms with Crippen LogP contribution >= 0.6 is 0 Å². The molecule has 0 atom stereocenters. The molecule has 7 aromatic carbocycles. The molecule has 0 fully saturated rings. The smallest absolute Gasteiger partial charge is 0.500 e. The zero-order chi connectivity index (χ0) is 57.3. The molecule has 0 N–H and O–H groups in total. The Bertz CT molecular complexity index is 4020. The number of rotatable bonds is 13. The van der Waals surface area contributed by atoms with E-state index < -0.39 is 37.3 Å². The summed E-state index contributed by atoms with van der Waals surface area (Å²) in [6.45, 7) is 3.24. The van der Waals surface area contributed by atoms with Crippen molar-refractivity contribution < 1.29 is 38.2 Å². The second-order valence-electron chi connectivity index (χ2n) is 19.5. The Morgan fingerprint density at radius 1 is 0.514 bits per heavy atom. The summed E-state index contributed by atoms with van der Waals surface area (Å²) in [4.78, 5) is 14.5. The molecule has 0 aliphatic rings. The Labute approximate surface area is 451 Å². The van der Waals surface area contributed by atoms with E-state index in [1.54, 1.807) is 60.7 Å². The third-order valence-corrected chi connectivity index (χ3v) is 13.6. The topological polar surface area (TPSA) is 51.8 Å². The van der Waals surface area contributed by atoms with Gasteiger partial charge in [-0.15, -0.1) is 90.0 Å². The van der Waals surface area contributed by atoms with Crippen LogP contribution < -0.4 is 0 Å². The largest absolute Gasteiger partial charge is 3.00 e. The van der Waals surface area contributed by atoms with Crippen LogP contribution in [0.15, 0.2) is 187 Å². The van der Waals surface area contributed by atoms with E-state index >= 15 is 0 Å². The van der Waals surface area contributed by atoms with Gasteiger partial charge in [0, 0.05) is 37.7 Å². The van der Waals surface area contributed by atoms with Crippen LogP contribution in [0.4, 0.5) is 0 Å². The second kappa shape index (κ2) is 20.1. The van der Waals surface area contributed by atoms with Crippen molar-refractivity contribution in [1.29, 1.82) is 0 Å². The summed E-state index contributed by atoms with van der Waals surface area (Å²) in [6.07, 6.45) is 0.244. The molecule has 354 valence electrons. The molecule has 72 heavy (non-hydrogen) atoms. The van der Waals surface area contributed by atoms with Crippen LogP contribution in [-0.2, 0) is 56.5 Å². The van der Waals surface area contributed by atoms with Gasteiger partial charge in [-0.3, -0.25) is 0 Å². The summed E-state index contributed by atoms with van der Waals surface area (Å²) in [5.74, 6) is 0. The van der Waals surface area contributed by atoms with Gasteiger partial charge in [0.25, 0.3) is 0 Å². The number of hydrogen-bond donors (Lipinski definition) is 0. The van der Waals surface area contributed by atoms with Gasteiger partial charge in [-0.2, -0.15) is 0 Å². The minimum absolute atomic E-state index is 0. The summed E-state index contributed by atoms with van der Waals surface area (Å²) in [7, 11) is 0. The van der Waals surface area contributed by atoms with E-state index in [0.29, 0.717) is 34.6 Å². The molecular formula is C67H56IrN3O. The predicted molar refractivity (Wildman–Crippen MR) is 293 cm³/mol. The monoisotopic (exact) mass is 1120 g/mol. The first-order chi connectivity index (χ1) is 38.4. The standard InChI is InChI=1S/C67H56N3O.Ir/c1-44-18-13-15-24-55(44)59-38-63(58-27-17-26-57-60-37-51-23-14-16-25-56(51)45(2)64(60)71-65(57)58)68-41-52(59)29-28-46-34-47(39-66(3,4)53-30-32-61(69-42-53)49-19-9-7-10-20-49)36-48(35-46)40-67(5,6)54-31-33-62(70-43-54)50-21-11-8-12-22-50;/h7-19,21,23-26,30-38,41-43H,28-29,39-40H2,1-6H3;/q-3;+3/i1D3,2D3,28D2,29D2;. The van der Waals surface area contributed by atoms with Gasteiger partial charge in [0.15, 0.2) is 0 Å². The summed E-state index contributed by atoms with van der Waals surface area (Å²) in [6, 6.07) is 59.2. The minimum atomic E-state index is -2.87. The van der Waals surface area contributed by atoms with E-state index in [9.17, 15) is 5.48 Å². The van der Waals surface area contributed by atoms with Crippen LogP contribution in [0.25, 0.3) is 77.6 Å². The zero-order valence-corrected chi connectivity index (χ0v) is 42.7. The molecular weight excluding hydrogens is 1050 g/mol. The maximum absolute atomic E-state index is 10.1. The average Bonchev–Trinajstić information content (AvgIpc) is 2.98. The first-order valence-electron chi connectivity index (χ1n) is 28.8. The third kappa shape index (κ3) is 9.72. The molecule has 0 aliphatic carbocycles. The molecule has 0 saturated carbocycles. The third-order valence-electron chi connectivity index (χ3n) is 13.6. The maximum atomic E-state index is 10.1. The van der Waals surface area contributed by atoms with Crippen LogP contribution in [0, 0.1) is 31.9 Å². The van der Waals surface area contributed by atoms with E-state index in [-0.39, 0.29) is 70.3 Å². The van der Waals surface area contributed by atoms with Crippen molar-refractivity contribution in [2.45, 2.75) is 77.8 Å². The number of benzene rings is 7. The van der Waals surface area contributed by atoms with Crippen molar-refractivity contribution >= 4 is 32.7 Å². The van der Waals surface area contributed by atoms with Crippen LogP contribution in [0.3, 0.4) is 0 Å². The van der Waals surface area contributed by atoms with Gasteiger partial charge >= 0.3 is 20.1 Å². The molecule has 4 nitrogen and oxygen atoms in total. The van der Waals surface area contributed by atoms with Gasteiger partial charge in [-0.1, -0.05) is 136 Å². The van der Waals surface area contributed by atoms with Crippen LogP contribution in [0.1, 0.15) is 85.9 Å². The van der Waals surface area contributed by atoms with E-state index in [0.717, 1.165) is 50.2 Å².